The van der Waals surface area contributed by atoms with Crippen molar-refractivity contribution in [1.29, 1.82) is 0 Å². The first-order valence-corrected chi connectivity index (χ1v) is 22.3. The van der Waals surface area contributed by atoms with E-state index in [1.807, 2.05) is 62.3 Å². The summed E-state index contributed by atoms with van der Waals surface area (Å²) in [6, 6.07) is -0.861. The lowest BCUT2D eigenvalue weighted by atomic mass is 9.91. The minimum Gasteiger partial charge on any atom is -0.444 e. The van der Waals surface area contributed by atoms with Gasteiger partial charge in [0.15, 0.2) is 0 Å². The van der Waals surface area contributed by atoms with Gasteiger partial charge in [-0.1, -0.05) is 96.9 Å². The fourth-order valence-electron chi connectivity index (χ4n) is 6.57. The number of methoxy groups -OCH3 is 3. The Morgan fingerprint density at radius 3 is 1.29 bits per heavy atom. The number of alkyl halides is 2. The van der Waals surface area contributed by atoms with E-state index in [0.717, 1.165) is 58.5 Å². The first-order chi connectivity index (χ1) is 27.8. The van der Waals surface area contributed by atoms with Gasteiger partial charge in [-0.3, -0.25) is 0 Å². The van der Waals surface area contributed by atoms with Gasteiger partial charge in [-0.05, 0) is 106 Å². The molecule has 0 aromatic carbocycles. The average Bonchev–Trinajstić information content (AvgIpc) is 3.20. The highest BCUT2D eigenvalue weighted by molar-refractivity contribution is 5.68. The van der Waals surface area contributed by atoms with Crippen LogP contribution in [-0.4, -0.2) is 123 Å². The molecule has 13 nitrogen and oxygen atoms in total. The molecule has 0 bridgehead atoms. The average molecular weight is 925 g/mol. The summed E-state index contributed by atoms with van der Waals surface area (Å²) in [4.78, 5) is 23.2. The van der Waals surface area contributed by atoms with E-state index in [0.29, 0.717) is 31.4 Å². The Balaban J connectivity index is -0.000000102. The van der Waals surface area contributed by atoms with Crippen molar-refractivity contribution in [3.05, 3.63) is 0 Å². The van der Waals surface area contributed by atoms with Crippen LogP contribution in [0.15, 0.2) is 0 Å². The van der Waals surface area contributed by atoms with Gasteiger partial charge in [-0.15, -0.1) is 0 Å². The number of hydrogen-bond acceptors (Lipinski definition) is 11. The van der Waals surface area contributed by atoms with Crippen molar-refractivity contribution in [1.82, 2.24) is 10.6 Å². The number of rotatable bonds is 5. The van der Waals surface area contributed by atoms with E-state index >= 15 is 0 Å². The van der Waals surface area contributed by atoms with Gasteiger partial charge in [0, 0.05) is 34.5 Å². The maximum absolute atomic E-state index is 13.7. The molecule has 63 heavy (non-hydrogen) atoms. The fourth-order valence-corrected chi connectivity index (χ4v) is 6.57. The molecule has 4 aliphatic carbocycles. The quantitative estimate of drug-likeness (QED) is 0.153. The van der Waals surface area contributed by atoms with Gasteiger partial charge in [-0.2, -0.15) is 0 Å². The van der Waals surface area contributed by atoms with Crippen LogP contribution in [-0.2, 0) is 23.7 Å². The van der Waals surface area contributed by atoms with Crippen molar-refractivity contribution < 1.29 is 52.3 Å². The van der Waals surface area contributed by atoms with Crippen LogP contribution in [0.5, 0.6) is 0 Å². The lowest BCUT2D eigenvalue weighted by Gasteiger charge is -2.34. The number of carbonyl (C=O) groups is 2. The van der Waals surface area contributed by atoms with E-state index in [2.05, 4.69) is 10.6 Å². The zero-order chi connectivity index (χ0) is 46.8. The van der Waals surface area contributed by atoms with E-state index in [4.69, 9.17) is 45.4 Å². The number of halogens is 2. The second kappa shape index (κ2) is 46.6. The maximum Gasteiger partial charge on any atom is 0.408 e. The van der Waals surface area contributed by atoms with Crippen molar-refractivity contribution in [2.45, 2.75) is 275 Å². The molecule has 2 amide bonds. The molecule has 390 valence electrons. The van der Waals surface area contributed by atoms with Crippen molar-refractivity contribution in [2.24, 2.45) is 11.5 Å². The zero-order valence-corrected chi connectivity index (χ0v) is 40.3. The number of hydrogen-bond donors (Lipinski definition) is 6. The Kier molecular flexibility index (Phi) is 58.0. The molecule has 4 fully saturated rings. The third kappa shape index (κ3) is 39.0. The molecule has 8 N–H and O–H groups in total. The molecular weight excluding hydrogens is 815 g/mol. The number of aliphatic hydroxyl groups excluding tert-OH is 2. The molecule has 0 spiro atoms. The smallest absolute Gasteiger partial charge is 0.408 e. The number of ether oxygens (including phenoxy) is 5. The second-order valence-corrected chi connectivity index (χ2v) is 16.0. The van der Waals surface area contributed by atoms with Crippen LogP contribution in [0, 0.1) is 0 Å². The Hall–Kier alpha value is -1.88. The minimum absolute atomic E-state index is 0. The molecule has 0 aromatic heterocycles. The van der Waals surface area contributed by atoms with Crippen molar-refractivity contribution in [3.8, 4) is 0 Å². The highest BCUT2D eigenvalue weighted by Crippen LogP contribution is 2.25. The van der Waals surface area contributed by atoms with E-state index in [1.54, 1.807) is 35.0 Å². The van der Waals surface area contributed by atoms with Crippen LogP contribution in [0.4, 0.5) is 18.4 Å². The Morgan fingerprint density at radius 2 is 0.905 bits per heavy atom. The minimum atomic E-state index is -1.07. The second-order valence-electron chi connectivity index (χ2n) is 16.0. The molecule has 4 saturated carbocycles. The summed E-state index contributed by atoms with van der Waals surface area (Å²) in [6.45, 7) is 22.9. The molecule has 15 heteroatoms. The van der Waals surface area contributed by atoms with Gasteiger partial charge in [0.25, 0.3) is 0 Å². The van der Waals surface area contributed by atoms with Crippen LogP contribution < -0.4 is 22.1 Å². The van der Waals surface area contributed by atoms with E-state index < -0.39 is 47.8 Å². The molecule has 0 aliphatic heterocycles. The molecule has 10 unspecified atom stereocenters. The van der Waals surface area contributed by atoms with Gasteiger partial charge in [-0.25, -0.2) is 18.4 Å². The molecule has 0 aromatic rings. The molecule has 0 saturated heterocycles. The van der Waals surface area contributed by atoms with E-state index in [9.17, 15) is 18.4 Å². The predicted octanol–water partition coefficient (Wildman–Crippen LogP) is 11.2. The zero-order valence-electron chi connectivity index (χ0n) is 40.3. The number of nitrogens with one attached hydrogen (secondary N) is 2. The molecule has 0 heterocycles. The van der Waals surface area contributed by atoms with Crippen molar-refractivity contribution >= 4 is 12.2 Å². The van der Waals surface area contributed by atoms with Crippen LogP contribution in [0.25, 0.3) is 0 Å². The molecule has 10 atom stereocenters. The first-order valence-electron chi connectivity index (χ1n) is 22.3. The van der Waals surface area contributed by atoms with Crippen molar-refractivity contribution in [3.63, 3.8) is 0 Å². The SMILES string of the molecule is C.C.C.C.CC.CC.CC.CO.COC1CCCC(F)C1NC(=O)OC(C)(C)C.COC1CCCCC1N.COC1CCCCC1NC(=O)OC(C)(C)C.NC1C(O)CCCC1F. The molecule has 0 radical (unpaired) electrons. The number of amides is 2. The maximum atomic E-state index is 13.7. The van der Waals surface area contributed by atoms with E-state index in [-0.39, 0.29) is 54.0 Å². The number of nitrogens with two attached hydrogens (primary N) is 2. The van der Waals surface area contributed by atoms with Crippen LogP contribution in [0.3, 0.4) is 0 Å². The monoisotopic (exact) mass is 925 g/mol. The van der Waals surface area contributed by atoms with E-state index in [1.165, 1.54) is 26.4 Å². The Labute approximate surface area is 389 Å². The van der Waals surface area contributed by atoms with Crippen LogP contribution in [0.1, 0.15) is 203 Å². The summed E-state index contributed by atoms with van der Waals surface area (Å²) in [6.07, 6.45) is 9.65. The lowest BCUT2D eigenvalue weighted by Crippen LogP contribution is -2.53. The number of alkyl carbamates (subject to hydrolysis) is 2. The van der Waals surface area contributed by atoms with Crippen molar-refractivity contribution in [2.75, 3.05) is 28.4 Å². The molecule has 4 aliphatic rings. The topological polar surface area (TPSA) is 197 Å². The molecular formula is C48H110F2N4O9. The van der Waals surface area contributed by atoms with Crippen LogP contribution >= 0.6 is 0 Å². The summed E-state index contributed by atoms with van der Waals surface area (Å²) in [5, 5.41) is 21.4. The Bertz CT molecular complexity index is 959. The third-order valence-corrected chi connectivity index (χ3v) is 9.35. The van der Waals surface area contributed by atoms with Gasteiger partial charge in [0.1, 0.15) is 23.5 Å². The summed E-state index contributed by atoms with van der Waals surface area (Å²) in [5.41, 5.74) is 10.0. The largest absolute Gasteiger partial charge is 0.444 e. The summed E-state index contributed by atoms with van der Waals surface area (Å²) >= 11 is 0. The van der Waals surface area contributed by atoms with Gasteiger partial charge in [0.2, 0.25) is 0 Å². The summed E-state index contributed by atoms with van der Waals surface area (Å²) < 4.78 is 52.3. The Morgan fingerprint density at radius 1 is 0.540 bits per heavy atom. The number of carbonyl (C=O) groups excluding carboxylic acids is 2. The predicted molar refractivity (Wildman–Crippen MR) is 264 cm³/mol. The van der Waals surface area contributed by atoms with Gasteiger partial charge in [0.05, 0.1) is 42.5 Å². The highest BCUT2D eigenvalue weighted by Gasteiger charge is 2.36. The van der Waals surface area contributed by atoms with Crippen LogP contribution in [0.2, 0.25) is 0 Å². The fraction of sp³-hybridized carbons (Fsp3) is 0.958. The molecule has 4 rings (SSSR count). The number of aliphatic hydroxyl groups is 2. The summed E-state index contributed by atoms with van der Waals surface area (Å²) in [7, 11) is 5.97. The van der Waals surface area contributed by atoms with Gasteiger partial charge < -0.3 is 56.0 Å². The highest BCUT2D eigenvalue weighted by atomic mass is 19.1. The van der Waals surface area contributed by atoms with Gasteiger partial charge >= 0.3 is 12.2 Å². The normalized spacial score (nSPS) is 26.8. The lowest BCUT2D eigenvalue weighted by molar-refractivity contribution is -0.00384. The third-order valence-electron chi connectivity index (χ3n) is 9.35. The first kappa shape index (κ1) is 78.3. The standard InChI is InChI=1S/C12H22FNO3.C12H23NO3.C7H15NO.C6H12FNO.3C2H6.CH4O.4CH4/c1-12(2,3)17-11(15)14-10-8(13)6-5-7-9(10)16-4;1-12(2,3)16-11(14)13-9-7-5-6-8-10(9)15-4;1-9-7-5-3-2-4-6(7)8;7-4-2-1-3-5(9)6(4)8;4*1-2;;;;/h8-10H,5-7H2,1-4H3,(H,14,15);9-10H,5-8H2,1-4H3,(H,13,14);6-7H,2-5,8H2,1H3;4-6,9H,1-3,8H2;3*1-2H3;2H,1H3;4*1H4. The summed E-state index contributed by atoms with van der Waals surface area (Å²) in [5.74, 6) is 0.